The molecule has 2 aliphatic heterocycles. The number of aliphatic hydroxyl groups excluding tert-OH is 1. The summed E-state index contributed by atoms with van der Waals surface area (Å²) in [6.45, 7) is -0.175. The monoisotopic (exact) mass is 307 g/mol. The fourth-order valence-electron chi connectivity index (χ4n) is 3.35. The van der Waals surface area contributed by atoms with Gasteiger partial charge in [0, 0.05) is 31.3 Å². The zero-order valence-electron chi connectivity index (χ0n) is 12.7. The molecule has 1 aromatic carbocycles. The Morgan fingerprint density at radius 3 is 2.82 bits per heavy atom. The minimum absolute atomic E-state index is 0.0532. The molecule has 6 nitrogen and oxygen atoms in total. The summed E-state index contributed by atoms with van der Waals surface area (Å²) in [5.74, 6) is -0.0231. The molecule has 2 heterocycles. The Hall–Kier alpha value is -1.79. The molecule has 1 fully saturated rings. The number of fused-ring (bicyclic) bond motifs is 3. The largest absolute Gasteiger partial charge is 0.487 e. The van der Waals surface area contributed by atoms with Gasteiger partial charge in [0.15, 0.2) is 0 Å². The van der Waals surface area contributed by atoms with Crippen molar-refractivity contribution in [1.82, 2.24) is 0 Å². The summed E-state index contributed by atoms with van der Waals surface area (Å²) >= 11 is 0. The van der Waals surface area contributed by atoms with Crippen LogP contribution >= 0.6 is 0 Å². The lowest BCUT2D eigenvalue weighted by atomic mass is 9.84. The Balaban J connectivity index is 1.90. The number of hydrogen-bond donors (Lipinski definition) is 2. The Morgan fingerprint density at radius 2 is 2.18 bits per heavy atom. The molecule has 0 saturated carbocycles. The molecule has 0 radical (unpaired) electrons. The number of ether oxygens (including phenoxy) is 2. The normalized spacial score (nSPS) is 29.4. The van der Waals surface area contributed by atoms with Gasteiger partial charge in [-0.2, -0.15) is 0 Å². The predicted octanol–water partition coefficient (Wildman–Crippen LogP) is 1.22. The van der Waals surface area contributed by atoms with E-state index >= 15 is 0 Å². The minimum Gasteiger partial charge on any atom is -0.487 e. The highest BCUT2D eigenvalue weighted by Gasteiger charge is 2.46. The van der Waals surface area contributed by atoms with Crippen molar-refractivity contribution in [2.24, 2.45) is 0 Å². The summed E-state index contributed by atoms with van der Waals surface area (Å²) in [5, 5.41) is 18.5. The van der Waals surface area contributed by atoms with Crippen LogP contribution in [0.15, 0.2) is 18.2 Å². The van der Waals surface area contributed by atoms with Crippen LogP contribution in [0.25, 0.3) is 0 Å². The molecule has 4 atom stereocenters. The van der Waals surface area contributed by atoms with Crippen molar-refractivity contribution in [3.63, 3.8) is 0 Å². The third-order valence-electron chi connectivity index (χ3n) is 4.40. The minimum atomic E-state index is -0.888. The lowest BCUT2D eigenvalue weighted by molar-refractivity contribution is -0.153. The summed E-state index contributed by atoms with van der Waals surface area (Å²) in [6.07, 6.45) is -0.589. The summed E-state index contributed by atoms with van der Waals surface area (Å²) in [7, 11) is 3.95. The fourth-order valence-corrected chi connectivity index (χ4v) is 3.35. The smallest absolute Gasteiger partial charge is 0.305 e. The summed E-state index contributed by atoms with van der Waals surface area (Å²) in [6, 6.07) is 6.00. The first-order valence-corrected chi connectivity index (χ1v) is 7.45. The van der Waals surface area contributed by atoms with Crippen molar-refractivity contribution in [2.45, 2.75) is 37.1 Å². The van der Waals surface area contributed by atoms with E-state index in [0.717, 1.165) is 17.0 Å². The van der Waals surface area contributed by atoms with Crippen LogP contribution in [0.4, 0.5) is 5.69 Å². The maximum absolute atomic E-state index is 11.0. The maximum Gasteiger partial charge on any atom is 0.305 e. The van der Waals surface area contributed by atoms with E-state index in [9.17, 15) is 9.90 Å². The zero-order chi connectivity index (χ0) is 15.9. The van der Waals surface area contributed by atoms with E-state index in [-0.39, 0.29) is 25.0 Å². The van der Waals surface area contributed by atoms with Crippen LogP contribution in [-0.4, -0.2) is 55.2 Å². The highest BCUT2D eigenvalue weighted by Crippen LogP contribution is 2.47. The third kappa shape index (κ3) is 2.64. The van der Waals surface area contributed by atoms with E-state index < -0.39 is 18.2 Å². The topological polar surface area (TPSA) is 79.2 Å². The number of carboxylic acid groups (broad SMARTS) is 1. The standard InChI is InChI=1S/C16H21NO5/c1-17(2)9-3-4-13-11(5-9)12-6-10(7-15(19)20)21-14(8-18)16(12)22-13/h3-5,10,12,14,16,18H,6-8H2,1-2H3,(H,19,20)/t10-,12+,14-,16-/m1/s1. The summed E-state index contributed by atoms with van der Waals surface area (Å²) < 4.78 is 11.7. The van der Waals surface area contributed by atoms with E-state index in [0.29, 0.717) is 6.42 Å². The van der Waals surface area contributed by atoms with E-state index in [1.54, 1.807) is 0 Å². The number of anilines is 1. The molecular weight excluding hydrogens is 286 g/mol. The lowest BCUT2D eigenvalue weighted by Crippen LogP contribution is -2.46. The molecular formula is C16H21NO5. The number of carbonyl (C=O) groups is 1. The molecule has 0 spiro atoms. The van der Waals surface area contributed by atoms with Crippen LogP contribution in [0.2, 0.25) is 0 Å². The molecule has 120 valence electrons. The van der Waals surface area contributed by atoms with E-state index in [4.69, 9.17) is 14.6 Å². The van der Waals surface area contributed by atoms with Gasteiger partial charge in [-0.3, -0.25) is 4.79 Å². The molecule has 3 rings (SSSR count). The Bertz CT molecular complexity index is 574. The molecule has 2 N–H and O–H groups in total. The molecule has 0 aliphatic carbocycles. The molecule has 0 amide bonds. The van der Waals surface area contributed by atoms with Gasteiger partial charge in [-0.25, -0.2) is 0 Å². The highest BCUT2D eigenvalue weighted by molar-refractivity contribution is 5.67. The number of aliphatic carboxylic acids is 1. The number of aliphatic hydroxyl groups is 1. The average Bonchev–Trinajstić information content (AvgIpc) is 2.83. The number of hydrogen-bond acceptors (Lipinski definition) is 5. The van der Waals surface area contributed by atoms with Gasteiger partial charge in [-0.15, -0.1) is 0 Å². The second-order valence-corrected chi connectivity index (χ2v) is 6.12. The number of carboxylic acids is 1. The summed E-state index contributed by atoms with van der Waals surface area (Å²) in [4.78, 5) is 13.0. The second kappa shape index (κ2) is 5.78. The molecule has 0 unspecified atom stereocenters. The Morgan fingerprint density at radius 1 is 1.41 bits per heavy atom. The Labute approximate surface area is 129 Å². The van der Waals surface area contributed by atoms with Gasteiger partial charge in [0.1, 0.15) is 18.0 Å². The van der Waals surface area contributed by atoms with Crippen LogP contribution in [0.1, 0.15) is 24.3 Å². The van der Waals surface area contributed by atoms with Crippen molar-refractivity contribution in [3.05, 3.63) is 23.8 Å². The number of nitrogens with zero attached hydrogens (tertiary/aromatic N) is 1. The molecule has 1 aromatic rings. The second-order valence-electron chi connectivity index (χ2n) is 6.12. The van der Waals surface area contributed by atoms with E-state index in [1.807, 2.05) is 31.1 Å². The van der Waals surface area contributed by atoms with Crippen LogP contribution in [-0.2, 0) is 9.53 Å². The maximum atomic E-state index is 11.0. The third-order valence-corrected chi connectivity index (χ3v) is 4.40. The van der Waals surface area contributed by atoms with Crippen molar-refractivity contribution in [3.8, 4) is 5.75 Å². The van der Waals surface area contributed by atoms with Gasteiger partial charge in [0.25, 0.3) is 0 Å². The van der Waals surface area contributed by atoms with E-state index in [1.165, 1.54) is 0 Å². The summed E-state index contributed by atoms with van der Waals surface area (Å²) in [5.41, 5.74) is 2.15. The molecule has 1 saturated heterocycles. The van der Waals surface area contributed by atoms with Gasteiger partial charge in [0.2, 0.25) is 0 Å². The van der Waals surface area contributed by atoms with Crippen LogP contribution < -0.4 is 9.64 Å². The molecule has 0 bridgehead atoms. The first-order valence-electron chi connectivity index (χ1n) is 7.45. The van der Waals surface area contributed by atoms with Crippen molar-refractivity contribution < 1.29 is 24.5 Å². The number of benzene rings is 1. The predicted molar refractivity (Wildman–Crippen MR) is 80.5 cm³/mol. The molecule has 2 aliphatic rings. The Kier molecular flexibility index (Phi) is 3.97. The van der Waals surface area contributed by atoms with Gasteiger partial charge < -0.3 is 24.6 Å². The van der Waals surface area contributed by atoms with Gasteiger partial charge >= 0.3 is 5.97 Å². The van der Waals surface area contributed by atoms with Gasteiger partial charge in [0.05, 0.1) is 19.1 Å². The van der Waals surface area contributed by atoms with Crippen LogP contribution in [0.3, 0.4) is 0 Å². The van der Waals surface area contributed by atoms with Crippen LogP contribution in [0.5, 0.6) is 5.75 Å². The van der Waals surface area contributed by atoms with E-state index in [2.05, 4.69) is 6.07 Å². The fraction of sp³-hybridized carbons (Fsp3) is 0.562. The highest BCUT2D eigenvalue weighted by atomic mass is 16.6. The van der Waals surface area contributed by atoms with Crippen molar-refractivity contribution in [1.29, 1.82) is 0 Å². The molecule has 22 heavy (non-hydrogen) atoms. The van der Waals surface area contributed by atoms with Gasteiger partial charge in [-0.1, -0.05) is 0 Å². The first-order chi connectivity index (χ1) is 10.5. The zero-order valence-corrected chi connectivity index (χ0v) is 12.7. The van der Waals surface area contributed by atoms with Gasteiger partial charge in [-0.05, 0) is 24.6 Å². The number of rotatable bonds is 4. The SMILES string of the molecule is CN(C)c1ccc2c(c1)[C@@H]1C[C@H](CC(=O)O)O[C@H](CO)[C@@H]1O2. The lowest BCUT2D eigenvalue weighted by Gasteiger charge is -2.36. The quantitative estimate of drug-likeness (QED) is 0.871. The molecule has 0 aromatic heterocycles. The van der Waals surface area contributed by atoms with Crippen molar-refractivity contribution in [2.75, 3.05) is 25.6 Å². The van der Waals surface area contributed by atoms with Crippen LogP contribution in [0, 0.1) is 0 Å². The first kappa shape index (κ1) is 15.1. The average molecular weight is 307 g/mol. The molecule has 6 heteroatoms. The van der Waals surface area contributed by atoms with Crippen molar-refractivity contribution >= 4 is 11.7 Å².